The molecule has 1 aliphatic heterocycles. The molecule has 5 heteroatoms. The molecule has 21 heavy (non-hydrogen) atoms. The van der Waals surface area contributed by atoms with Crippen molar-refractivity contribution in [2.45, 2.75) is 18.6 Å². The second kappa shape index (κ2) is 5.66. The fraction of sp³-hybridized carbons (Fsp3) is 0.250. The molecule has 3 rings (SSSR count). The topological polar surface area (TPSA) is 38.7 Å². The predicted molar refractivity (Wildman–Crippen MR) is 80.0 cm³/mol. The van der Waals surface area contributed by atoms with Crippen molar-refractivity contribution in [2.24, 2.45) is 0 Å². The Labute approximate surface area is 130 Å². The molecular formula is C16H14BrFO3. The van der Waals surface area contributed by atoms with Crippen LogP contribution in [-0.2, 0) is 0 Å². The summed E-state index contributed by atoms with van der Waals surface area (Å²) in [6.45, 7) is 0. The summed E-state index contributed by atoms with van der Waals surface area (Å²) < 4.78 is 25.5. The van der Waals surface area contributed by atoms with Crippen LogP contribution in [0.4, 0.5) is 4.39 Å². The number of benzene rings is 2. The monoisotopic (exact) mass is 352 g/mol. The van der Waals surface area contributed by atoms with Crippen LogP contribution in [-0.4, -0.2) is 12.2 Å². The molecule has 3 nitrogen and oxygen atoms in total. The van der Waals surface area contributed by atoms with Gasteiger partial charge in [-0.2, -0.15) is 0 Å². The molecule has 1 N–H and O–H groups in total. The Morgan fingerprint density at radius 3 is 2.81 bits per heavy atom. The molecule has 0 aromatic heterocycles. The van der Waals surface area contributed by atoms with Crippen molar-refractivity contribution < 1.29 is 19.0 Å². The van der Waals surface area contributed by atoms with Gasteiger partial charge in [-0.05, 0) is 30.3 Å². The highest BCUT2D eigenvalue weighted by Crippen LogP contribution is 2.43. The summed E-state index contributed by atoms with van der Waals surface area (Å²) in [7, 11) is 1.58. The lowest BCUT2D eigenvalue weighted by Gasteiger charge is -2.30. The number of aliphatic hydroxyl groups excluding tert-OH is 1. The summed E-state index contributed by atoms with van der Waals surface area (Å²) in [5.74, 6) is 0.666. The standard InChI is InChI=1S/C16H14BrFO3/c1-20-14-5-2-9(17)6-12(14)16-8-13(19)11-4-3-10(18)7-15(11)21-16/h2-7,13,16,19H,8H2,1H3. The van der Waals surface area contributed by atoms with Gasteiger partial charge in [0.25, 0.3) is 0 Å². The number of halogens is 2. The SMILES string of the molecule is COc1ccc(Br)cc1C1CC(O)c2ccc(F)cc2O1. The Kier molecular flexibility index (Phi) is 3.87. The van der Waals surface area contributed by atoms with Gasteiger partial charge in [0.15, 0.2) is 0 Å². The van der Waals surface area contributed by atoms with Gasteiger partial charge < -0.3 is 14.6 Å². The molecule has 0 amide bonds. The number of hydrogen-bond donors (Lipinski definition) is 1. The predicted octanol–water partition coefficient (Wildman–Crippen LogP) is 4.15. The van der Waals surface area contributed by atoms with Crippen LogP contribution in [0.25, 0.3) is 0 Å². The molecule has 0 bridgehead atoms. The van der Waals surface area contributed by atoms with Crippen LogP contribution >= 0.6 is 15.9 Å². The molecule has 0 saturated carbocycles. The molecule has 2 aromatic carbocycles. The summed E-state index contributed by atoms with van der Waals surface area (Å²) >= 11 is 3.42. The zero-order valence-electron chi connectivity index (χ0n) is 11.3. The molecular weight excluding hydrogens is 339 g/mol. The van der Waals surface area contributed by atoms with E-state index in [1.165, 1.54) is 12.1 Å². The minimum atomic E-state index is -0.692. The fourth-order valence-corrected chi connectivity index (χ4v) is 2.94. The first-order chi connectivity index (χ1) is 10.1. The van der Waals surface area contributed by atoms with Crippen LogP contribution in [0, 0.1) is 5.82 Å². The fourth-order valence-electron chi connectivity index (χ4n) is 2.56. The van der Waals surface area contributed by atoms with Crippen molar-refractivity contribution in [3.8, 4) is 11.5 Å². The van der Waals surface area contributed by atoms with E-state index in [4.69, 9.17) is 9.47 Å². The van der Waals surface area contributed by atoms with Crippen LogP contribution in [0.3, 0.4) is 0 Å². The molecule has 0 aliphatic carbocycles. The third-order valence-corrected chi connectivity index (χ3v) is 4.07. The second-order valence-electron chi connectivity index (χ2n) is 4.93. The number of fused-ring (bicyclic) bond motifs is 1. The van der Waals surface area contributed by atoms with Crippen LogP contribution in [0.1, 0.15) is 29.8 Å². The lowest BCUT2D eigenvalue weighted by Crippen LogP contribution is -2.19. The molecule has 1 aliphatic rings. The van der Waals surface area contributed by atoms with Crippen LogP contribution < -0.4 is 9.47 Å². The Balaban J connectivity index is 2.01. The molecule has 110 valence electrons. The van der Waals surface area contributed by atoms with Gasteiger partial charge >= 0.3 is 0 Å². The number of rotatable bonds is 2. The average molecular weight is 353 g/mol. The molecule has 2 unspecified atom stereocenters. The maximum absolute atomic E-state index is 13.4. The molecule has 0 radical (unpaired) electrons. The van der Waals surface area contributed by atoms with E-state index in [1.54, 1.807) is 13.2 Å². The van der Waals surface area contributed by atoms with Crippen molar-refractivity contribution in [1.82, 2.24) is 0 Å². The van der Waals surface area contributed by atoms with Crippen molar-refractivity contribution in [3.05, 3.63) is 57.8 Å². The van der Waals surface area contributed by atoms with Gasteiger partial charge in [0.05, 0.1) is 13.2 Å². The van der Waals surface area contributed by atoms with Crippen molar-refractivity contribution >= 4 is 15.9 Å². The second-order valence-corrected chi connectivity index (χ2v) is 5.84. The van der Waals surface area contributed by atoms with E-state index in [0.717, 1.165) is 10.0 Å². The Morgan fingerprint density at radius 2 is 2.05 bits per heavy atom. The summed E-state index contributed by atoms with van der Waals surface area (Å²) in [5.41, 5.74) is 1.43. The minimum absolute atomic E-state index is 0.376. The van der Waals surface area contributed by atoms with Gasteiger partial charge in [0.1, 0.15) is 23.4 Å². The quantitative estimate of drug-likeness (QED) is 0.882. The van der Waals surface area contributed by atoms with Crippen LogP contribution in [0.15, 0.2) is 40.9 Å². The first kappa shape index (κ1) is 14.4. The highest BCUT2D eigenvalue weighted by Gasteiger charge is 2.30. The van der Waals surface area contributed by atoms with Crippen LogP contribution in [0.5, 0.6) is 11.5 Å². The van der Waals surface area contributed by atoms with E-state index in [2.05, 4.69) is 15.9 Å². The van der Waals surface area contributed by atoms with Gasteiger partial charge in [-0.25, -0.2) is 4.39 Å². The smallest absolute Gasteiger partial charge is 0.130 e. The average Bonchev–Trinajstić information content (AvgIpc) is 2.46. The van der Waals surface area contributed by atoms with E-state index in [9.17, 15) is 9.50 Å². The number of hydrogen-bond acceptors (Lipinski definition) is 3. The highest BCUT2D eigenvalue weighted by atomic mass is 79.9. The first-order valence-corrected chi connectivity index (χ1v) is 7.35. The Hall–Kier alpha value is -1.59. The zero-order valence-corrected chi connectivity index (χ0v) is 12.9. The van der Waals surface area contributed by atoms with E-state index in [-0.39, 0.29) is 11.9 Å². The van der Waals surface area contributed by atoms with Gasteiger partial charge in [0, 0.05) is 28.1 Å². The van der Waals surface area contributed by atoms with Gasteiger partial charge in [0.2, 0.25) is 0 Å². The summed E-state index contributed by atoms with van der Waals surface area (Å²) in [4.78, 5) is 0. The van der Waals surface area contributed by atoms with Gasteiger partial charge in [-0.3, -0.25) is 0 Å². The van der Waals surface area contributed by atoms with E-state index in [0.29, 0.717) is 23.5 Å². The summed E-state index contributed by atoms with van der Waals surface area (Å²) in [6, 6.07) is 9.77. The summed E-state index contributed by atoms with van der Waals surface area (Å²) in [5, 5.41) is 10.3. The Morgan fingerprint density at radius 1 is 1.24 bits per heavy atom. The third kappa shape index (κ3) is 2.76. The van der Waals surface area contributed by atoms with Crippen molar-refractivity contribution in [2.75, 3.05) is 7.11 Å². The van der Waals surface area contributed by atoms with E-state index < -0.39 is 6.10 Å². The van der Waals surface area contributed by atoms with Crippen LogP contribution in [0.2, 0.25) is 0 Å². The lowest BCUT2D eigenvalue weighted by molar-refractivity contribution is 0.0641. The molecule has 0 fully saturated rings. The van der Waals surface area contributed by atoms with E-state index in [1.807, 2.05) is 18.2 Å². The molecule has 1 heterocycles. The molecule has 2 atom stereocenters. The Bertz CT molecular complexity index is 675. The molecule has 0 saturated heterocycles. The maximum Gasteiger partial charge on any atom is 0.130 e. The largest absolute Gasteiger partial charge is 0.496 e. The van der Waals surface area contributed by atoms with Crippen molar-refractivity contribution in [1.29, 1.82) is 0 Å². The minimum Gasteiger partial charge on any atom is -0.496 e. The normalized spacial score (nSPS) is 20.6. The number of ether oxygens (including phenoxy) is 2. The number of methoxy groups -OCH3 is 1. The highest BCUT2D eigenvalue weighted by molar-refractivity contribution is 9.10. The third-order valence-electron chi connectivity index (χ3n) is 3.58. The van der Waals surface area contributed by atoms with Crippen molar-refractivity contribution in [3.63, 3.8) is 0 Å². The lowest BCUT2D eigenvalue weighted by atomic mass is 9.94. The summed E-state index contributed by atoms with van der Waals surface area (Å²) in [6.07, 6.45) is -0.685. The molecule has 2 aromatic rings. The van der Waals surface area contributed by atoms with Gasteiger partial charge in [-0.15, -0.1) is 0 Å². The maximum atomic E-state index is 13.4. The number of aliphatic hydroxyl groups is 1. The molecule has 0 spiro atoms. The zero-order chi connectivity index (χ0) is 15.0. The van der Waals surface area contributed by atoms with E-state index >= 15 is 0 Å². The van der Waals surface area contributed by atoms with Gasteiger partial charge in [-0.1, -0.05) is 15.9 Å². The first-order valence-electron chi connectivity index (χ1n) is 6.56.